The van der Waals surface area contributed by atoms with Crippen LogP contribution in [0.25, 0.3) is 11.1 Å². The van der Waals surface area contributed by atoms with Crippen molar-refractivity contribution in [2.45, 2.75) is 52.0 Å². The molecule has 1 heterocycles. The number of nitrogens with zero attached hydrogens (tertiary/aromatic N) is 1. The third-order valence-corrected chi connectivity index (χ3v) is 5.62. The molecule has 1 atom stereocenters. The van der Waals surface area contributed by atoms with E-state index < -0.39 is 0 Å². The lowest BCUT2D eigenvalue weighted by molar-refractivity contribution is -0.134. The number of ether oxygens (including phenoxy) is 1. The van der Waals surface area contributed by atoms with Gasteiger partial charge in [0.05, 0.1) is 0 Å². The number of rotatable bonds is 5. The van der Waals surface area contributed by atoms with E-state index in [1.165, 1.54) is 28.7 Å². The summed E-state index contributed by atoms with van der Waals surface area (Å²) in [5.41, 5.74) is 6.60. The van der Waals surface area contributed by atoms with Gasteiger partial charge in [0, 0.05) is 24.6 Å². The van der Waals surface area contributed by atoms with Gasteiger partial charge < -0.3 is 4.74 Å². The lowest BCUT2D eigenvalue weighted by Gasteiger charge is -2.41. The van der Waals surface area contributed by atoms with Crippen molar-refractivity contribution in [2.75, 3.05) is 13.1 Å². The minimum atomic E-state index is -0.138. The van der Waals surface area contributed by atoms with Crippen LogP contribution in [-0.2, 0) is 17.6 Å². The number of carbonyl (C=O) groups excluding carboxylic acids is 1. The van der Waals surface area contributed by atoms with E-state index in [0.29, 0.717) is 12.5 Å². The second-order valence-electron chi connectivity index (χ2n) is 7.40. The Bertz CT molecular complexity index is 827. The standard InChI is InChI=1S/C23H27NO2/c1-3-7-21(25)26-20-11-6-9-17-15-19-22-16(12-14-24(19)13-4-2)8-5-10-18(22)23(17)20/h5-6,8-11,19H,3-4,7,12-15H2,1-2H3/t19-/m1/s1. The Balaban J connectivity index is 1.81. The summed E-state index contributed by atoms with van der Waals surface area (Å²) in [5, 5.41) is 0. The average Bonchev–Trinajstić information content (AvgIpc) is 2.64. The molecule has 2 aromatic carbocycles. The van der Waals surface area contributed by atoms with Crippen LogP contribution in [0.4, 0.5) is 0 Å². The van der Waals surface area contributed by atoms with Crippen molar-refractivity contribution in [3.8, 4) is 16.9 Å². The fourth-order valence-electron chi connectivity index (χ4n) is 4.55. The first-order valence-electron chi connectivity index (χ1n) is 9.91. The molecule has 2 aromatic rings. The zero-order valence-electron chi connectivity index (χ0n) is 15.8. The number of hydrogen-bond donors (Lipinski definition) is 0. The molecule has 0 saturated heterocycles. The maximum absolute atomic E-state index is 12.1. The second-order valence-corrected chi connectivity index (χ2v) is 7.40. The second kappa shape index (κ2) is 7.24. The normalized spacial score (nSPS) is 18.2. The van der Waals surface area contributed by atoms with Gasteiger partial charge in [0.2, 0.25) is 0 Å². The van der Waals surface area contributed by atoms with Crippen molar-refractivity contribution in [1.82, 2.24) is 4.90 Å². The molecule has 3 heteroatoms. The van der Waals surface area contributed by atoms with Crippen molar-refractivity contribution < 1.29 is 9.53 Å². The summed E-state index contributed by atoms with van der Waals surface area (Å²) in [6.07, 6.45) is 4.55. The van der Waals surface area contributed by atoms with E-state index in [1.54, 1.807) is 0 Å². The molecule has 0 N–H and O–H groups in total. The largest absolute Gasteiger partial charge is 0.426 e. The summed E-state index contributed by atoms with van der Waals surface area (Å²) in [4.78, 5) is 14.7. The smallest absolute Gasteiger partial charge is 0.311 e. The number of esters is 1. The molecule has 0 radical (unpaired) electrons. The van der Waals surface area contributed by atoms with Crippen LogP contribution >= 0.6 is 0 Å². The van der Waals surface area contributed by atoms with Crippen LogP contribution in [-0.4, -0.2) is 24.0 Å². The van der Waals surface area contributed by atoms with Gasteiger partial charge in [-0.1, -0.05) is 44.2 Å². The molecule has 2 aliphatic rings. The third kappa shape index (κ3) is 2.95. The van der Waals surface area contributed by atoms with Crippen LogP contribution in [0.3, 0.4) is 0 Å². The van der Waals surface area contributed by atoms with Crippen molar-refractivity contribution in [2.24, 2.45) is 0 Å². The number of hydrogen-bond acceptors (Lipinski definition) is 3. The molecular weight excluding hydrogens is 322 g/mol. The minimum Gasteiger partial charge on any atom is -0.426 e. The Labute approximate surface area is 156 Å². The fraction of sp³-hybridized carbons (Fsp3) is 0.435. The van der Waals surface area contributed by atoms with Crippen molar-refractivity contribution >= 4 is 5.97 Å². The maximum atomic E-state index is 12.1. The highest BCUT2D eigenvalue weighted by Crippen LogP contribution is 2.48. The first-order valence-corrected chi connectivity index (χ1v) is 9.91. The zero-order chi connectivity index (χ0) is 18.1. The third-order valence-electron chi connectivity index (χ3n) is 5.62. The molecule has 0 amide bonds. The highest BCUT2D eigenvalue weighted by atomic mass is 16.5. The van der Waals surface area contributed by atoms with Crippen LogP contribution in [0.1, 0.15) is 55.8 Å². The van der Waals surface area contributed by atoms with E-state index >= 15 is 0 Å². The van der Waals surface area contributed by atoms with Crippen LogP contribution in [0.15, 0.2) is 36.4 Å². The van der Waals surface area contributed by atoms with Crippen LogP contribution in [0, 0.1) is 0 Å². The lowest BCUT2D eigenvalue weighted by Crippen LogP contribution is -2.38. The van der Waals surface area contributed by atoms with Gasteiger partial charge in [0.15, 0.2) is 0 Å². The van der Waals surface area contributed by atoms with Crippen LogP contribution in [0.5, 0.6) is 5.75 Å². The van der Waals surface area contributed by atoms with Crippen LogP contribution < -0.4 is 4.74 Å². The zero-order valence-corrected chi connectivity index (χ0v) is 15.8. The molecule has 0 unspecified atom stereocenters. The first kappa shape index (κ1) is 17.3. The van der Waals surface area contributed by atoms with Gasteiger partial charge in [-0.25, -0.2) is 0 Å². The summed E-state index contributed by atoms with van der Waals surface area (Å²) >= 11 is 0. The topological polar surface area (TPSA) is 29.5 Å². The van der Waals surface area contributed by atoms with Crippen molar-refractivity contribution in [3.05, 3.63) is 53.1 Å². The van der Waals surface area contributed by atoms with E-state index in [-0.39, 0.29) is 5.97 Å². The number of benzene rings is 2. The fourth-order valence-corrected chi connectivity index (χ4v) is 4.55. The Morgan fingerprint density at radius 1 is 1.12 bits per heavy atom. The molecule has 0 fully saturated rings. The molecule has 0 aromatic heterocycles. The van der Waals surface area contributed by atoms with Gasteiger partial charge in [-0.2, -0.15) is 0 Å². The number of fused-ring (bicyclic) bond motifs is 2. The molecule has 0 saturated carbocycles. The molecule has 26 heavy (non-hydrogen) atoms. The molecule has 1 aliphatic carbocycles. The van der Waals surface area contributed by atoms with E-state index in [0.717, 1.165) is 43.7 Å². The van der Waals surface area contributed by atoms with E-state index in [1.807, 2.05) is 19.1 Å². The monoisotopic (exact) mass is 349 g/mol. The average molecular weight is 349 g/mol. The summed E-state index contributed by atoms with van der Waals surface area (Å²) in [5.74, 6) is 0.584. The van der Waals surface area contributed by atoms with Crippen LogP contribution in [0.2, 0.25) is 0 Å². The van der Waals surface area contributed by atoms with E-state index in [9.17, 15) is 4.79 Å². The molecule has 3 nitrogen and oxygen atoms in total. The molecule has 4 rings (SSSR count). The highest BCUT2D eigenvalue weighted by molar-refractivity contribution is 5.83. The van der Waals surface area contributed by atoms with Gasteiger partial charge in [-0.3, -0.25) is 9.69 Å². The summed E-state index contributed by atoms with van der Waals surface area (Å²) in [7, 11) is 0. The minimum absolute atomic E-state index is 0.138. The highest BCUT2D eigenvalue weighted by Gasteiger charge is 2.35. The Hall–Kier alpha value is -2.13. The Morgan fingerprint density at radius 2 is 1.92 bits per heavy atom. The molecule has 0 spiro atoms. The lowest BCUT2D eigenvalue weighted by atomic mass is 9.77. The van der Waals surface area contributed by atoms with Crippen molar-refractivity contribution in [3.63, 3.8) is 0 Å². The van der Waals surface area contributed by atoms with Gasteiger partial charge in [0.1, 0.15) is 5.75 Å². The molecule has 136 valence electrons. The Morgan fingerprint density at radius 3 is 2.73 bits per heavy atom. The number of carbonyl (C=O) groups is 1. The quantitative estimate of drug-likeness (QED) is 0.566. The predicted molar refractivity (Wildman–Crippen MR) is 104 cm³/mol. The Kier molecular flexibility index (Phi) is 4.82. The van der Waals surface area contributed by atoms with E-state index in [4.69, 9.17) is 4.74 Å². The summed E-state index contributed by atoms with van der Waals surface area (Å²) in [6, 6.07) is 13.2. The summed E-state index contributed by atoms with van der Waals surface area (Å²) in [6.45, 7) is 6.53. The first-order chi connectivity index (χ1) is 12.7. The molecule has 0 bridgehead atoms. The van der Waals surface area contributed by atoms with Gasteiger partial charge in [0.25, 0.3) is 0 Å². The molecular formula is C23H27NO2. The SMILES string of the molecule is CCCC(=O)Oc1cccc2c1-c1cccc3c1[C@@H](C2)N(CCC)CC3. The maximum Gasteiger partial charge on any atom is 0.311 e. The summed E-state index contributed by atoms with van der Waals surface area (Å²) < 4.78 is 5.76. The van der Waals surface area contributed by atoms with Gasteiger partial charge in [-0.05, 0) is 60.5 Å². The predicted octanol–water partition coefficient (Wildman–Crippen LogP) is 4.92. The van der Waals surface area contributed by atoms with Gasteiger partial charge >= 0.3 is 5.97 Å². The van der Waals surface area contributed by atoms with Gasteiger partial charge in [-0.15, -0.1) is 0 Å². The van der Waals surface area contributed by atoms with E-state index in [2.05, 4.69) is 36.1 Å². The molecule has 1 aliphatic heterocycles. The van der Waals surface area contributed by atoms with Crippen molar-refractivity contribution in [1.29, 1.82) is 0 Å².